The zero-order chi connectivity index (χ0) is 12.5. The van der Waals surface area contributed by atoms with E-state index in [0.717, 1.165) is 18.9 Å². The molecule has 3 N–H and O–H groups in total. The van der Waals surface area contributed by atoms with Crippen molar-refractivity contribution in [2.75, 3.05) is 19.7 Å². The van der Waals surface area contributed by atoms with Gasteiger partial charge in [-0.3, -0.25) is 9.79 Å². The highest BCUT2D eigenvalue weighted by molar-refractivity contribution is 14.0. The van der Waals surface area contributed by atoms with Gasteiger partial charge in [0.1, 0.15) is 0 Å². The quantitative estimate of drug-likeness (QED) is 0.235. The third-order valence-corrected chi connectivity index (χ3v) is 2.91. The van der Waals surface area contributed by atoms with Gasteiger partial charge in [-0.1, -0.05) is 6.42 Å². The van der Waals surface area contributed by atoms with E-state index in [-0.39, 0.29) is 29.9 Å². The predicted octanol–water partition coefficient (Wildman–Crippen LogP) is 1.65. The maximum Gasteiger partial charge on any atom is 0.305 e. The van der Waals surface area contributed by atoms with Crippen LogP contribution in [0.5, 0.6) is 0 Å². The van der Waals surface area contributed by atoms with Gasteiger partial charge < -0.3 is 15.8 Å². The van der Waals surface area contributed by atoms with Crippen LogP contribution >= 0.6 is 24.0 Å². The number of nitrogens with two attached hydrogens (primary N) is 1. The van der Waals surface area contributed by atoms with Crippen LogP contribution in [0.25, 0.3) is 0 Å². The molecular formula is C12H24IN3O2. The Labute approximate surface area is 126 Å². The Morgan fingerprint density at radius 2 is 2.22 bits per heavy atom. The lowest BCUT2D eigenvalue weighted by Crippen LogP contribution is -2.33. The summed E-state index contributed by atoms with van der Waals surface area (Å²) < 4.78 is 4.82. The van der Waals surface area contributed by atoms with E-state index in [1.165, 1.54) is 19.3 Å². The molecule has 0 aromatic carbocycles. The van der Waals surface area contributed by atoms with E-state index in [9.17, 15) is 4.79 Å². The summed E-state index contributed by atoms with van der Waals surface area (Å²) in [5.74, 6) is 1.06. The third-order valence-electron chi connectivity index (χ3n) is 2.91. The van der Waals surface area contributed by atoms with Crippen LogP contribution in [0.4, 0.5) is 0 Å². The lowest BCUT2D eigenvalue weighted by atomic mass is 9.86. The number of halogens is 1. The molecule has 0 spiro atoms. The normalized spacial score (nSPS) is 15.5. The molecule has 1 aliphatic rings. The van der Waals surface area contributed by atoms with Crippen LogP contribution in [0.2, 0.25) is 0 Å². The second-order valence-electron chi connectivity index (χ2n) is 4.36. The zero-order valence-corrected chi connectivity index (χ0v) is 13.3. The number of hydrogen-bond acceptors (Lipinski definition) is 3. The van der Waals surface area contributed by atoms with E-state index in [1.807, 2.05) is 0 Å². The number of guanidine groups is 1. The lowest BCUT2D eigenvalue weighted by molar-refractivity contribution is -0.143. The van der Waals surface area contributed by atoms with Gasteiger partial charge in [-0.15, -0.1) is 24.0 Å². The van der Waals surface area contributed by atoms with Gasteiger partial charge in [0.05, 0.1) is 6.61 Å². The van der Waals surface area contributed by atoms with Crippen molar-refractivity contribution in [2.24, 2.45) is 16.6 Å². The third kappa shape index (κ3) is 7.73. The van der Waals surface area contributed by atoms with Crippen LogP contribution in [0.3, 0.4) is 0 Å². The standard InChI is InChI=1S/C12H23N3O2.HI/c1-2-17-11(16)7-4-8-14-12(13)15-9-10-5-3-6-10;/h10H,2-9H2,1H3,(H3,13,14,15);1H. The van der Waals surface area contributed by atoms with Crippen LogP contribution in [0.15, 0.2) is 4.99 Å². The average Bonchev–Trinajstić information content (AvgIpc) is 2.23. The summed E-state index contributed by atoms with van der Waals surface area (Å²) in [7, 11) is 0. The number of nitrogens with zero attached hydrogens (tertiary/aromatic N) is 1. The molecule has 0 bridgehead atoms. The molecule has 0 aliphatic heterocycles. The highest BCUT2D eigenvalue weighted by Crippen LogP contribution is 2.26. The molecule has 0 heterocycles. The molecule has 1 saturated carbocycles. The Bertz CT molecular complexity index is 268. The number of esters is 1. The number of carbonyl (C=O) groups excluding carboxylic acids is 1. The molecule has 0 saturated heterocycles. The van der Waals surface area contributed by atoms with E-state index in [4.69, 9.17) is 10.5 Å². The Balaban J connectivity index is 0.00000289. The molecule has 0 aromatic rings. The SMILES string of the molecule is CCOC(=O)CCCNC(N)=NCC1CCC1.I. The first-order valence-electron chi connectivity index (χ1n) is 6.41. The van der Waals surface area contributed by atoms with Gasteiger partial charge in [0, 0.05) is 19.5 Å². The molecule has 1 aliphatic carbocycles. The van der Waals surface area contributed by atoms with E-state index in [0.29, 0.717) is 25.5 Å². The van der Waals surface area contributed by atoms with Gasteiger partial charge in [0.25, 0.3) is 0 Å². The molecule has 0 radical (unpaired) electrons. The summed E-state index contributed by atoms with van der Waals surface area (Å²) in [5, 5.41) is 3.00. The van der Waals surface area contributed by atoms with E-state index < -0.39 is 0 Å². The second kappa shape index (κ2) is 10.4. The Morgan fingerprint density at radius 1 is 1.50 bits per heavy atom. The summed E-state index contributed by atoms with van der Waals surface area (Å²) in [6, 6.07) is 0. The summed E-state index contributed by atoms with van der Waals surface area (Å²) in [5.41, 5.74) is 5.70. The predicted molar refractivity (Wildman–Crippen MR) is 83.1 cm³/mol. The van der Waals surface area contributed by atoms with Crippen molar-refractivity contribution >= 4 is 35.9 Å². The molecule has 6 heteroatoms. The van der Waals surface area contributed by atoms with Gasteiger partial charge in [0.2, 0.25) is 0 Å². The maximum atomic E-state index is 11.0. The van der Waals surface area contributed by atoms with E-state index in [2.05, 4.69) is 10.3 Å². The first kappa shape index (κ1) is 17.5. The fourth-order valence-electron chi connectivity index (χ4n) is 1.64. The minimum atomic E-state index is -0.153. The molecule has 1 fully saturated rings. The number of carbonyl (C=O) groups is 1. The second-order valence-corrected chi connectivity index (χ2v) is 4.36. The molecule has 1 rings (SSSR count). The Hall–Kier alpha value is -0.530. The number of nitrogens with one attached hydrogen (secondary N) is 1. The zero-order valence-electron chi connectivity index (χ0n) is 11.0. The van der Waals surface area contributed by atoms with E-state index in [1.54, 1.807) is 6.92 Å². The Kier molecular flexibility index (Phi) is 10.1. The van der Waals surface area contributed by atoms with Crippen molar-refractivity contribution < 1.29 is 9.53 Å². The first-order valence-corrected chi connectivity index (χ1v) is 6.41. The highest BCUT2D eigenvalue weighted by atomic mass is 127. The fourth-order valence-corrected chi connectivity index (χ4v) is 1.64. The Morgan fingerprint density at radius 3 is 2.78 bits per heavy atom. The summed E-state index contributed by atoms with van der Waals surface area (Å²) in [4.78, 5) is 15.3. The molecule has 0 unspecified atom stereocenters. The van der Waals surface area contributed by atoms with Crippen molar-refractivity contribution in [1.29, 1.82) is 0 Å². The topological polar surface area (TPSA) is 76.7 Å². The molecule has 18 heavy (non-hydrogen) atoms. The monoisotopic (exact) mass is 369 g/mol. The number of rotatable bonds is 7. The summed E-state index contributed by atoms with van der Waals surface area (Å²) in [6.07, 6.45) is 5.03. The molecule has 5 nitrogen and oxygen atoms in total. The smallest absolute Gasteiger partial charge is 0.305 e. The maximum absolute atomic E-state index is 11.0. The summed E-state index contributed by atoms with van der Waals surface area (Å²) in [6.45, 7) is 3.74. The van der Waals surface area contributed by atoms with Crippen molar-refractivity contribution in [2.45, 2.75) is 39.0 Å². The molecule has 106 valence electrons. The van der Waals surface area contributed by atoms with Gasteiger partial charge in [0.15, 0.2) is 5.96 Å². The lowest BCUT2D eigenvalue weighted by Gasteiger charge is -2.23. The van der Waals surface area contributed by atoms with Crippen molar-refractivity contribution in [3.63, 3.8) is 0 Å². The molecule has 0 amide bonds. The van der Waals surface area contributed by atoms with Crippen molar-refractivity contribution in [3.8, 4) is 0 Å². The number of ether oxygens (including phenoxy) is 1. The van der Waals surface area contributed by atoms with E-state index >= 15 is 0 Å². The largest absolute Gasteiger partial charge is 0.466 e. The van der Waals surface area contributed by atoms with Gasteiger partial charge >= 0.3 is 5.97 Å². The fraction of sp³-hybridized carbons (Fsp3) is 0.833. The van der Waals surface area contributed by atoms with Crippen molar-refractivity contribution in [3.05, 3.63) is 0 Å². The minimum absolute atomic E-state index is 0. The van der Waals surface area contributed by atoms with Gasteiger partial charge in [-0.2, -0.15) is 0 Å². The van der Waals surface area contributed by atoms with Gasteiger partial charge in [-0.25, -0.2) is 0 Å². The summed E-state index contributed by atoms with van der Waals surface area (Å²) >= 11 is 0. The average molecular weight is 369 g/mol. The van der Waals surface area contributed by atoms with Crippen molar-refractivity contribution in [1.82, 2.24) is 5.32 Å². The first-order chi connectivity index (χ1) is 8.22. The molecule has 0 aromatic heterocycles. The number of aliphatic imine (C=N–C) groups is 1. The van der Waals surface area contributed by atoms with Crippen LogP contribution < -0.4 is 11.1 Å². The van der Waals surface area contributed by atoms with Gasteiger partial charge in [-0.05, 0) is 32.1 Å². The van der Waals surface area contributed by atoms with Crippen LogP contribution in [0, 0.1) is 5.92 Å². The minimum Gasteiger partial charge on any atom is -0.466 e. The number of hydrogen-bond donors (Lipinski definition) is 2. The highest BCUT2D eigenvalue weighted by Gasteiger charge is 2.16. The van der Waals surface area contributed by atoms with Crippen LogP contribution in [-0.2, 0) is 9.53 Å². The van der Waals surface area contributed by atoms with Crippen LogP contribution in [0.1, 0.15) is 39.0 Å². The molecule has 0 atom stereocenters. The van der Waals surface area contributed by atoms with Crippen LogP contribution in [-0.4, -0.2) is 31.6 Å². The molecular weight excluding hydrogens is 345 g/mol.